The van der Waals surface area contributed by atoms with E-state index in [2.05, 4.69) is 5.32 Å². The summed E-state index contributed by atoms with van der Waals surface area (Å²) in [6, 6.07) is 5.00. The van der Waals surface area contributed by atoms with Crippen molar-refractivity contribution < 1.29 is 4.79 Å². The first kappa shape index (κ1) is 12.8. The summed E-state index contributed by atoms with van der Waals surface area (Å²) < 4.78 is 0. The molecule has 1 amide bonds. The number of benzene rings is 1. The molecule has 0 spiro atoms. The number of anilines is 1. The van der Waals surface area contributed by atoms with Crippen molar-refractivity contribution in [3.63, 3.8) is 0 Å². The zero-order valence-electron chi connectivity index (χ0n) is 9.38. The number of carbonyl (C=O) groups is 1. The highest BCUT2D eigenvalue weighted by atomic mass is 35.5. The SMILES string of the molecule is CC(C)(N)CNc1ccc(C(N)=O)c(Cl)c1. The molecule has 0 atom stereocenters. The summed E-state index contributed by atoms with van der Waals surface area (Å²) in [4.78, 5) is 10.9. The van der Waals surface area contributed by atoms with Crippen molar-refractivity contribution in [2.24, 2.45) is 11.5 Å². The number of halogens is 1. The normalized spacial score (nSPS) is 11.2. The van der Waals surface area contributed by atoms with Crippen LogP contribution in [-0.2, 0) is 0 Å². The maximum atomic E-state index is 10.9. The molecule has 0 saturated carbocycles. The first-order valence-corrected chi connectivity index (χ1v) is 5.29. The summed E-state index contributed by atoms with van der Waals surface area (Å²) in [5.41, 5.74) is 11.8. The Bertz CT molecular complexity index is 399. The van der Waals surface area contributed by atoms with Crippen molar-refractivity contribution in [2.75, 3.05) is 11.9 Å². The van der Waals surface area contributed by atoms with Crippen molar-refractivity contribution in [1.82, 2.24) is 0 Å². The third-order valence-corrected chi connectivity index (χ3v) is 2.30. The van der Waals surface area contributed by atoms with Crippen LogP contribution in [0.3, 0.4) is 0 Å². The third-order valence-electron chi connectivity index (χ3n) is 1.98. The summed E-state index contributed by atoms with van der Waals surface area (Å²) in [7, 11) is 0. The molecule has 0 aliphatic heterocycles. The van der Waals surface area contributed by atoms with Gasteiger partial charge in [-0.1, -0.05) is 11.6 Å². The van der Waals surface area contributed by atoms with Crippen LogP contribution in [0.5, 0.6) is 0 Å². The predicted octanol–water partition coefficient (Wildman–Crippen LogP) is 1.59. The van der Waals surface area contributed by atoms with E-state index >= 15 is 0 Å². The molecule has 0 unspecified atom stereocenters. The molecule has 4 nitrogen and oxygen atoms in total. The Kier molecular flexibility index (Phi) is 3.78. The molecular weight excluding hydrogens is 226 g/mol. The van der Waals surface area contributed by atoms with Gasteiger partial charge in [-0.2, -0.15) is 0 Å². The highest BCUT2D eigenvalue weighted by Crippen LogP contribution is 2.20. The van der Waals surface area contributed by atoms with Gasteiger partial charge in [-0.05, 0) is 32.0 Å². The lowest BCUT2D eigenvalue weighted by molar-refractivity contribution is 0.100. The van der Waals surface area contributed by atoms with Gasteiger partial charge in [0.1, 0.15) is 0 Å². The standard InChI is InChI=1S/C11H16ClN3O/c1-11(2,14)6-15-7-3-4-8(10(13)16)9(12)5-7/h3-5,15H,6,14H2,1-2H3,(H2,13,16). The molecule has 1 aromatic rings. The second kappa shape index (κ2) is 4.72. The zero-order chi connectivity index (χ0) is 12.3. The van der Waals surface area contributed by atoms with Gasteiger partial charge in [0, 0.05) is 17.8 Å². The average molecular weight is 242 g/mol. The second-order valence-corrected chi connectivity index (χ2v) is 4.81. The van der Waals surface area contributed by atoms with Gasteiger partial charge in [0.05, 0.1) is 10.6 Å². The van der Waals surface area contributed by atoms with E-state index in [0.29, 0.717) is 17.1 Å². The lowest BCUT2D eigenvalue weighted by Crippen LogP contribution is -2.39. The third kappa shape index (κ3) is 3.72. The molecule has 1 aromatic carbocycles. The van der Waals surface area contributed by atoms with E-state index in [1.165, 1.54) is 0 Å². The van der Waals surface area contributed by atoms with Crippen LogP contribution in [-0.4, -0.2) is 18.0 Å². The molecule has 0 radical (unpaired) electrons. The van der Waals surface area contributed by atoms with E-state index in [9.17, 15) is 4.79 Å². The minimum atomic E-state index is -0.532. The Morgan fingerprint density at radius 3 is 2.56 bits per heavy atom. The highest BCUT2D eigenvalue weighted by molar-refractivity contribution is 6.34. The number of carbonyl (C=O) groups excluding carboxylic acids is 1. The minimum Gasteiger partial charge on any atom is -0.383 e. The van der Waals surface area contributed by atoms with Gasteiger partial charge >= 0.3 is 0 Å². The molecule has 0 aliphatic carbocycles. The van der Waals surface area contributed by atoms with Crippen LogP contribution in [0.1, 0.15) is 24.2 Å². The van der Waals surface area contributed by atoms with Crippen molar-refractivity contribution in [1.29, 1.82) is 0 Å². The van der Waals surface area contributed by atoms with Crippen LogP contribution in [0.25, 0.3) is 0 Å². The summed E-state index contributed by atoms with van der Waals surface area (Å²) >= 11 is 5.90. The molecule has 0 aliphatic rings. The number of nitrogens with one attached hydrogen (secondary N) is 1. The lowest BCUT2D eigenvalue weighted by Gasteiger charge is -2.20. The summed E-state index contributed by atoms with van der Waals surface area (Å²) in [5, 5.41) is 3.47. The molecule has 1 rings (SSSR count). The Balaban J connectivity index is 2.78. The molecule has 88 valence electrons. The van der Waals surface area contributed by atoms with Gasteiger partial charge < -0.3 is 16.8 Å². The van der Waals surface area contributed by atoms with E-state index in [1.54, 1.807) is 18.2 Å². The molecule has 0 fully saturated rings. The summed E-state index contributed by atoms with van der Waals surface area (Å²) in [6.45, 7) is 4.44. The van der Waals surface area contributed by atoms with Gasteiger partial charge in [0.2, 0.25) is 5.91 Å². The van der Waals surface area contributed by atoms with Crippen molar-refractivity contribution in [3.05, 3.63) is 28.8 Å². The Hall–Kier alpha value is -1.26. The van der Waals surface area contributed by atoms with Gasteiger partial charge in [-0.25, -0.2) is 0 Å². The molecule has 5 N–H and O–H groups in total. The number of amides is 1. The molecular formula is C11H16ClN3O. The van der Waals surface area contributed by atoms with Crippen LogP contribution in [0, 0.1) is 0 Å². The molecule has 5 heteroatoms. The largest absolute Gasteiger partial charge is 0.383 e. The van der Waals surface area contributed by atoms with E-state index in [0.717, 1.165) is 5.69 Å². The van der Waals surface area contributed by atoms with Crippen LogP contribution < -0.4 is 16.8 Å². The highest BCUT2D eigenvalue weighted by Gasteiger charge is 2.11. The number of hydrogen-bond donors (Lipinski definition) is 3. The van der Waals surface area contributed by atoms with Crippen LogP contribution in [0.4, 0.5) is 5.69 Å². The first-order chi connectivity index (χ1) is 7.29. The smallest absolute Gasteiger partial charge is 0.250 e. The summed E-state index contributed by atoms with van der Waals surface area (Å²) in [6.07, 6.45) is 0. The predicted molar refractivity (Wildman–Crippen MR) is 66.7 cm³/mol. The zero-order valence-corrected chi connectivity index (χ0v) is 10.1. The van der Waals surface area contributed by atoms with Gasteiger partial charge in [0.25, 0.3) is 0 Å². The minimum absolute atomic E-state index is 0.311. The Labute approximate surface area is 100.0 Å². The molecule has 16 heavy (non-hydrogen) atoms. The monoisotopic (exact) mass is 241 g/mol. The van der Waals surface area contributed by atoms with Gasteiger partial charge in [-0.3, -0.25) is 4.79 Å². The molecule has 0 saturated heterocycles. The van der Waals surface area contributed by atoms with Gasteiger partial charge in [-0.15, -0.1) is 0 Å². The summed E-state index contributed by atoms with van der Waals surface area (Å²) in [5.74, 6) is -0.532. The maximum absolute atomic E-state index is 10.9. The van der Waals surface area contributed by atoms with E-state index in [-0.39, 0.29) is 5.54 Å². The van der Waals surface area contributed by atoms with Crippen molar-refractivity contribution in [2.45, 2.75) is 19.4 Å². The average Bonchev–Trinajstić information content (AvgIpc) is 2.13. The van der Waals surface area contributed by atoms with Crippen LogP contribution >= 0.6 is 11.6 Å². The first-order valence-electron chi connectivity index (χ1n) is 4.92. The number of rotatable bonds is 4. The maximum Gasteiger partial charge on any atom is 0.250 e. The fraction of sp³-hybridized carbons (Fsp3) is 0.364. The fourth-order valence-corrected chi connectivity index (χ4v) is 1.43. The molecule has 0 aromatic heterocycles. The number of nitrogens with two attached hydrogens (primary N) is 2. The fourth-order valence-electron chi connectivity index (χ4n) is 1.15. The number of primary amides is 1. The van der Waals surface area contributed by atoms with E-state index in [4.69, 9.17) is 23.1 Å². The quantitative estimate of drug-likeness (QED) is 0.749. The lowest BCUT2D eigenvalue weighted by atomic mass is 10.1. The van der Waals surface area contributed by atoms with E-state index < -0.39 is 5.91 Å². The van der Waals surface area contributed by atoms with Crippen LogP contribution in [0.15, 0.2) is 18.2 Å². The topological polar surface area (TPSA) is 81.1 Å². The molecule has 0 heterocycles. The molecule has 0 bridgehead atoms. The van der Waals surface area contributed by atoms with E-state index in [1.807, 2.05) is 13.8 Å². The Morgan fingerprint density at radius 1 is 1.50 bits per heavy atom. The second-order valence-electron chi connectivity index (χ2n) is 4.40. The number of hydrogen-bond acceptors (Lipinski definition) is 3. The van der Waals surface area contributed by atoms with Crippen LogP contribution in [0.2, 0.25) is 5.02 Å². The van der Waals surface area contributed by atoms with Gasteiger partial charge in [0.15, 0.2) is 0 Å². The Morgan fingerprint density at radius 2 is 2.12 bits per heavy atom. The van der Waals surface area contributed by atoms with Crippen molar-refractivity contribution >= 4 is 23.2 Å². The van der Waals surface area contributed by atoms with Crippen molar-refractivity contribution in [3.8, 4) is 0 Å².